The smallest absolute Gasteiger partial charge is 0.181 e. The van der Waals surface area contributed by atoms with Gasteiger partial charge in [0.2, 0.25) is 0 Å². The Hall–Kier alpha value is -1.13. The molecule has 0 bridgehead atoms. The average molecular weight is 294 g/mol. The van der Waals surface area contributed by atoms with E-state index in [-0.39, 0.29) is 17.5 Å². The molecule has 0 radical (unpaired) electrons. The predicted octanol–water partition coefficient (Wildman–Crippen LogP) is 3.58. The number of hydrogen-bond donors (Lipinski definition) is 1. The molecule has 4 heteroatoms. The molecule has 0 aromatic rings. The molecule has 21 heavy (non-hydrogen) atoms. The van der Waals surface area contributed by atoms with Crippen molar-refractivity contribution in [1.29, 1.82) is 0 Å². The van der Waals surface area contributed by atoms with Gasteiger partial charge in [0.1, 0.15) is 5.84 Å². The van der Waals surface area contributed by atoms with Crippen LogP contribution in [0.5, 0.6) is 0 Å². The largest absolute Gasteiger partial charge is 0.384 e. The van der Waals surface area contributed by atoms with Gasteiger partial charge in [-0.15, -0.1) is 0 Å². The number of hydrogen-bond acceptors (Lipinski definition) is 3. The third-order valence-corrected chi connectivity index (χ3v) is 4.31. The molecule has 0 aromatic carbocycles. The first-order valence-corrected chi connectivity index (χ1v) is 7.75. The van der Waals surface area contributed by atoms with E-state index in [0.717, 1.165) is 18.4 Å². The van der Waals surface area contributed by atoms with Crippen molar-refractivity contribution in [3.05, 3.63) is 23.3 Å². The second-order valence-corrected chi connectivity index (χ2v) is 6.13. The van der Waals surface area contributed by atoms with E-state index in [1.54, 1.807) is 7.05 Å². The van der Waals surface area contributed by atoms with Gasteiger partial charge in [-0.3, -0.25) is 4.99 Å². The van der Waals surface area contributed by atoms with E-state index < -0.39 is 0 Å². The molecule has 0 spiro atoms. The highest BCUT2D eigenvalue weighted by Gasteiger charge is 2.49. The molecule has 0 saturated carbocycles. The van der Waals surface area contributed by atoms with Crippen LogP contribution in [0.2, 0.25) is 0 Å². The Morgan fingerprint density at radius 1 is 1.10 bits per heavy atom. The third-order valence-electron chi connectivity index (χ3n) is 4.31. The van der Waals surface area contributed by atoms with Crippen LogP contribution in [0.1, 0.15) is 54.4 Å². The van der Waals surface area contributed by atoms with E-state index in [4.69, 9.17) is 15.2 Å². The molecule has 120 valence electrons. The zero-order valence-corrected chi connectivity index (χ0v) is 14.5. The minimum absolute atomic E-state index is 0.248. The van der Waals surface area contributed by atoms with Crippen molar-refractivity contribution in [3.8, 4) is 0 Å². The highest BCUT2D eigenvalue weighted by Crippen LogP contribution is 2.41. The monoisotopic (exact) mass is 294 g/mol. The van der Waals surface area contributed by atoms with Crippen LogP contribution in [-0.2, 0) is 9.47 Å². The van der Waals surface area contributed by atoms with Gasteiger partial charge in [-0.2, -0.15) is 0 Å². The first-order valence-electron chi connectivity index (χ1n) is 7.75. The summed E-state index contributed by atoms with van der Waals surface area (Å²) in [6.45, 7) is 12.3. The Morgan fingerprint density at radius 2 is 1.62 bits per heavy atom. The van der Waals surface area contributed by atoms with Gasteiger partial charge in [-0.25, -0.2) is 0 Å². The van der Waals surface area contributed by atoms with Gasteiger partial charge in [-0.1, -0.05) is 26.0 Å². The Balaban J connectivity index is 0.00000106. The molecule has 2 rings (SSSR count). The topological polar surface area (TPSA) is 56.8 Å². The molecule has 1 aliphatic carbocycles. The SMILES string of the molecule is CC.CN=C(N)C1=CC=C(C2OC(C)(C)C(C)(C)O2)CC1. The highest BCUT2D eigenvalue weighted by atomic mass is 16.7. The highest BCUT2D eigenvalue weighted by molar-refractivity contribution is 5.97. The van der Waals surface area contributed by atoms with Gasteiger partial charge in [0.25, 0.3) is 0 Å². The van der Waals surface area contributed by atoms with E-state index in [2.05, 4.69) is 38.8 Å². The van der Waals surface area contributed by atoms with Gasteiger partial charge in [-0.05, 0) is 51.7 Å². The number of ether oxygens (including phenoxy) is 2. The molecule has 1 saturated heterocycles. The summed E-state index contributed by atoms with van der Waals surface area (Å²) in [5.41, 5.74) is 7.51. The van der Waals surface area contributed by atoms with Crippen molar-refractivity contribution in [2.45, 2.75) is 71.9 Å². The van der Waals surface area contributed by atoms with Crippen molar-refractivity contribution in [2.75, 3.05) is 7.05 Å². The maximum Gasteiger partial charge on any atom is 0.181 e. The Kier molecular flexibility index (Phi) is 5.76. The zero-order valence-electron chi connectivity index (χ0n) is 14.5. The Bertz CT molecular complexity index is 443. The van der Waals surface area contributed by atoms with Gasteiger partial charge in [0, 0.05) is 7.05 Å². The number of allylic oxidation sites excluding steroid dienone is 2. The van der Waals surface area contributed by atoms with Crippen molar-refractivity contribution >= 4 is 5.84 Å². The Labute approximate surface area is 129 Å². The molecule has 1 aliphatic heterocycles. The summed E-state index contributed by atoms with van der Waals surface area (Å²) in [7, 11) is 1.71. The maximum atomic E-state index is 6.04. The fourth-order valence-corrected chi connectivity index (χ4v) is 2.20. The standard InChI is InChI=1S/C15H24N2O2.C2H6/c1-14(2)15(3,4)19-13(18-14)11-8-6-10(7-9-11)12(16)17-5;1-2/h6,8,13H,7,9H2,1-5H3,(H2,16,17);1-2H3. The quantitative estimate of drug-likeness (QED) is 0.625. The molecule has 2 N–H and O–H groups in total. The number of amidine groups is 1. The zero-order chi connectivity index (χ0) is 16.3. The van der Waals surface area contributed by atoms with Crippen molar-refractivity contribution in [1.82, 2.24) is 0 Å². The van der Waals surface area contributed by atoms with Crippen LogP contribution in [0.15, 0.2) is 28.3 Å². The normalized spacial score (nSPS) is 24.8. The lowest BCUT2D eigenvalue weighted by Crippen LogP contribution is -2.41. The molecule has 0 unspecified atom stereocenters. The molecule has 0 atom stereocenters. The average Bonchev–Trinajstić information content (AvgIpc) is 2.69. The summed E-state index contributed by atoms with van der Waals surface area (Å²) in [6.07, 6.45) is 5.62. The molecule has 0 aromatic heterocycles. The van der Waals surface area contributed by atoms with E-state index in [0.29, 0.717) is 5.84 Å². The van der Waals surface area contributed by atoms with E-state index in [9.17, 15) is 0 Å². The number of aliphatic imine (C=N–C) groups is 1. The summed E-state index contributed by atoms with van der Waals surface area (Å²) in [6, 6.07) is 0. The Morgan fingerprint density at radius 3 is 2.00 bits per heavy atom. The van der Waals surface area contributed by atoms with Crippen molar-refractivity contribution < 1.29 is 9.47 Å². The minimum Gasteiger partial charge on any atom is -0.384 e. The second-order valence-electron chi connectivity index (χ2n) is 6.13. The maximum absolute atomic E-state index is 6.04. The predicted molar refractivity (Wildman–Crippen MR) is 88.4 cm³/mol. The summed E-state index contributed by atoms with van der Waals surface area (Å²) in [4.78, 5) is 4.02. The molecule has 1 fully saturated rings. The molecule has 0 amide bonds. The first-order chi connectivity index (χ1) is 9.77. The van der Waals surface area contributed by atoms with Crippen LogP contribution >= 0.6 is 0 Å². The second kappa shape index (κ2) is 6.75. The number of nitrogens with zero attached hydrogens (tertiary/aromatic N) is 1. The van der Waals surface area contributed by atoms with Crippen LogP contribution < -0.4 is 5.73 Å². The van der Waals surface area contributed by atoms with Crippen LogP contribution in [0.25, 0.3) is 0 Å². The van der Waals surface area contributed by atoms with Gasteiger partial charge in [0.15, 0.2) is 6.29 Å². The van der Waals surface area contributed by atoms with Crippen LogP contribution in [0.4, 0.5) is 0 Å². The minimum atomic E-state index is -0.285. The summed E-state index contributed by atoms with van der Waals surface area (Å²) in [5.74, 6) is 0.615. The number of rotatable bonds is 2. The summed E-state index contributed by atoms with van der Waals surface area (Å²) in [5, 5.41) is 0. The number of nitrogens with two attached hydrogens (primary N) is 1. The van der Waals surface area contributed by atoms with Crippen LogP contribution in [0, 0.1) is 0 Å². The molecule has 2 aliphatic rings. The van der Waals surface area contributed by atoms with Crippen molar-refractivity contribution in [2.24, 2.45) is 10.7 Å². The van der Waals surface area contributed by atoms with Crippen LogP contribution in [0.3, 0.4) is 0 Å². The molecule has 1 heterocycles. The third kappa shape index (κ3) is 3.74. The molecule has 4 nitrogen and oxygen atoms in total. The fourth-order valence-electron chi connectivity index (χ4n) is 2.20. The van der Waals surface area contributed by atoms with Crippen molar-refractivity contribution in [3.63, 3.8) is 0 Å². The van der Waals surface area contributed by atoms with Gasteiger partial charge in [0.05, 0.1) is 11.2 Å². The van der Waals surface area contributed by atoms with E-state index in [1.165, 1.54) is 5.57 Å². The summed E-state index contributed by atoms with van der Waals surface area (Å²) >= 11 is 0. The molecular weight excluding hydrogens is 264 g/mol. The fraction of sp³-hybridized carbons (Fsp3) is 0.706. The van der Waals surface area contributed by atoms with E-state index >= 15 is 0 Å². The lowest BCUT2D eigenvalue weighted by Gasteiger charge is -2.30. The van der Waals surface area contributed by atoms with Gasteiger partial charge >= 0.3 is 0 Å². The lowest BCUT2D eigenvalue weighted by molar-refractivity contribution is -0.0608. The van der Waals surface area contributed by atoms with Crippen LogP contribution in [-0.4, -0.2) is 30.4 Å². The first kappa shape index (κ1) is 17.9. The van der Waals surface area contributed by atoms with Gasteiger partial charge < -0.3 is 15.2 Å². The lowest BCUT2D eigenvalue weighted by atomic mass is 9.90. The summed E-state index contributed by atoms with van der Waals surface area (Å²) < 4.78 is 12.1. The molecular formula is C17H30N2O2. The van der Waals surface area contributed by atoms with E-state index in [1.807, 2.05) is 19.9 Å².